The molecule has 0 aromatic carbocycles. The maximum Gasteiger partial charge on any atom is 0.410 e. The van der Waals surface area contributed by atoms with Gasteiger partial charge in [-0.05, 0) is 52.4 Å². The van der Waals surface area contributed by atoms with E-state index in [1.807, 2.05) is 20.8 Å². The van der Waals surface area contributed by atoms with E-state index in [0.29, 0.717) is 45.1 Å². The van der Waals surface area contributed by atoms with Gasteiger partial charge >= 0.3 is 18.2 Å². The number of ether oxygens (including phenoxy) is 3. The molecule has 0 aromatic rings. The number of rotatable bonds is 9. The number of piperidine rings is 1. The fourth-order valence-electron chi connectivity index (χ4n) is 5.22. The fraction of sp³-hybridized carbons (Fsp3) is 0.840. The molecular weight excluding hydrogens is 480 g/mol. The summed E-state index contributed by atoms with van der Waals surface area (Å²) in [4.78, 5) is 44.1. The SMILES string of the molecule is COC(=O)CN1CCN(CC2CN(CCCC3CCN(C(=O)OC(C)(C)C)C(C(=N)N)C3)C(=O)O2)CC1. The van der Waals surface area contributed by atoms with Gasteiger partial charge in [0.1, 0.15) is 17.5 Å². The Morgan fingerprint density at radius 2 is 1.81 bits per heavy atom. The zero-order valence-corrected chi connectivity index (χ0v) is 22.7. The molecule has 2 amide bonds. The molecule has 0 bridgehead atoms. The molecule has 3 saturated heterocycles. The number of piperazine rings is 1. The highest BCUT2D eigenvalue weighted by atomic mass is 16.6. The van der Waals surface area contributed by atoms with Crippen LogP contribution < -0.4 is 5.73 Å². The van der Waals surface area contributed by atoms with Crippen LogP contribution in [0, 0.1) is 11.3 Å². The zero-order chi connectivity index (χ0) is 27.2. The van der Waals surface area contributed by atoms with Crippen LogP contribution in [0.2, 0.25) is 0 Å². The Morgan fingerprint density at radius 1 is 1.14 bits per heavy atom. The van der Waals surface area contributed by atoms with Crippen LogP contribution in [0.4, 0.5) is 9.59 Å². The number of methoxy groups -OCH3 is 1. The fourth-order valence-corrected chi connectivity index (χ4v) is 5.22. The third-order valence-electron chi connectivity index (χ3n) is 7.20. The second-order valence-corrected chi connectivity index (χ2v) is 11.3. The lowest BCUT2D eigenvalue weighted by molar-refractivity contribution is -0.142. The molecule has 3 heterocycles. The predicted molar refractivity (Wildman–Crippen MR) is 137 cm³/mol. The highest BCUT2D eigenvalue weighted by Gasteiger charge is 2.37. The monoisotopic (exact) mass is 524 g/mol. The minimum Gasteiger partial charge on any atom is -0.468 e. The first-order chi connectivity index (χ1) is 17.4. The molecule has 3 N–H and O–H groups in total. The molecule has 0 spiro atoms. The van der Waals surface area contributed by atoms with E-state index in [9.17, 15) is 14.4 Å². The van der Waals surface area contributed by atoms with Gasteiger partial charge in [-0.25, -0.2) is 9.59 Å². The van der Waals surface area contributed by atoms with Crippen molar-refractivity contribution in [2.45, 2.75) is 64.2 Å². The lowest BCUT2D eigenvalue weighted by atomic mass is 9.87. The Morgan fingerprint density at radius 3 is 2.43 bits per heavy atom. The highest BCUT2D eigenvalue weighted by Crippen LogP contribution is 2.28. The quantitative estimate of drug-likeness (QED) is 0.198. The molecule has 0 radical (unpaired) electrons. The molecule has 3 fully saturated rings. The van der Waals surface area contributed by atoms with Gasteiger partial charge < -0.3 is 24.8 Å². The minimum absolute atomic E-state index is 0.0207. The third kappa shape index (κ3) is 8.74. The van der Waals surface area contributed by atoms with Gasteiger partial charge in [0, 0.05) is 45.8 Å². The van der Waals surface area contributed by atoms with Crippen molar-refractivity contribution in [1.82, 2.24) is 19.6 Å². The smallest absolute Gasteiger partial charge is 0.410 e. The number of hydrogen-bond acceptors (Lipinski definition) is 9. The van der Waals surface area contributed by atoms with Crippen LogP contribution in [0.25, 0.3) is 0 Å². The van der Waals surface area contributed by atoms with Crippen molar-refractivity contribution in [3.05, 3.63) is 0 Å². The molecule has 12 nitrogen and oxygen atoms in total. The van der Waals surface area contributed by atoms with Crippen LogP contribution in [0.3, 0.4) is 0 Å². The average molecular weight is 525 g/mol. The Kier molecular flexibility index (Phi) is 10.00. The molecule has 3 aliphatic rings. The second kappa shape index (κ2) is 12.8. The summed E-state index contributed by atoms with van der Waals surface area (Å²) in [5.74, 6) is 0.0789. The van der Waals surface area contributed by atoms with Crippen molar-refractivity contribution < 1.29 is 28.6 Å². The van der Waals surface area contributed by atoms with Crippen LogP contribution >= 0.6 is 0 Å². The third-order valence-corrected chi connectivity index (χ3v) is 7.20. The summed E-state index contributed by atoms with van der Waals surface area (Å²) in [5.41, 5.74) is 5.23. The first kappa shape index (κ1) is 29.0. The van der Waals surface area contributed by atoms with Crippen LogP contribution in [0.1, 0.15) is 46.5 Å². The molecule has 0 saturated carbocycles. The van der Waals surface area contributed by atoms with Gasteiger partial charge in [0.05, 0.1) is 26.2 Å². The number of nitrogens with two attached hydrogens (primary N) is 1. The number of nitrogens with one attached hydrogen (secondary N) is 1. The zero-order valence-electron chi connectivity index (χ0n) is 22.7. The number of carbonyl (C=O) groups is 3. The Balaban J connectivity index is 1.37. The summed E-state index contributed by atoms with van der Waals surface area (Å²) in [6.07, 6.45) is 2.32. The highest BCUT2D eigenvalue weighted by molar-refractivity contribution is 5.86. The first-order valence-corrected chi connectivity index (χ1v) is 13.3. The largest absolute Gasteiger partial charge is 0.468 e. The minimum atomic E-state index is -0.601. The summed E-state index contributed by atoms with van der Waals surface area (Å²) < 4.78 is 15.8. The summed E-state index contributed by atoms with van der Waals surface area (Å²) in [7, 11) is 1.40. The van der Waals surface area contributed by atoms with Crippen LogP contribution in [0.15, 0.2) is 0 Å². The summed E-state index contributed by atoms with van der Waals surface area (Å²) >= 11 is 0. The topological polar surface area (TPSA) is 142 Å². The van der Waals surface area contributed by atoms with Gasteiger partial charge in [0.25, 0.3) is 0 Å². The van der Waals surface area contributed by atoms with E-state index in [0.717, 1.165) is 45.4 Å². The summed E-state index contributed by atoms with van der Waals surface area (Å²) in [5, 5.41) is 7.98. The van der Waals surface area contributed by atoms with Gasteiger partial charge in [-0.1, -0.05) is 0 Å². The Hall–Kier alpha value is -2.60. The van der Waals surface area contributed by atoms with Crippen molar-refractivity contribution in [1.29, 1.82) is 5.41 Å². The molecule has 210 valence electrons. The average Bonchev–Trinajstić information content (AvgIpc) is 3.17. The molecule has 3 rings (SSSR count). The number of amides is 2. The second-order valence-electron chi connectivity index (χ2n) is 11.3. The van der Waals surface area contributed by atoms with Crippen molar-refractivity contribution in [3.8, 4) is 0 Å². The molecule has 12 heteroatoms. The van der Waals surface area contributed by atoms with E-state index in [-0.39, 0.29) is 24.0 Å². The Labute approximate surface area is 219 Å². The van der Waals surface area contributed by atoms with Crippen molar-refractivity contribution in [2.75, 3.05) is 66.0 Å². The number of esters is 1. The standard InChI is InChI=1S/C25H44N6O6/c1-25(2,3)37-24(34)31-9-7-18(14-20(31)22(26)27)6-5-8-30-16-19(36-23(30)33)15-28-10-12-29(13-11-28)17-21(32)35-4/h18-20H,5-17H2,1-4H3,(H3,26,27). The lowest BCUT2D eigenvalue weighted by Crippen LogP contribution is -2.53. The lowest BCUT2D eigenvalue weighted by Gasteiger charge is -2.39. The number of carbonyl (C=O) groups excluding carboxylic acids is 3. The molecule has 3 atom stereocenters. The van der Waals surface area contributed by atoms with E-state index in [1.54, 1.807) is 9.80 Å². The van der Waals surface area contributed by atoms with Gasteiger partial charge in [-0.3, -0.25) is 24.9 Å². The molecular formula is C25H44N6O6. The van der Waals surface area contributed by atoms with E-state index in [4.69, 9.17) is 25.4 Å². The summed E-state index contributed by atoms with van der Waals surface area (Å²) in [6, 6.07) is -0.456. The maximum atomic E-state index is 12.6. The van der Waals surface area contributed by atoms with Gasteiger partial charge in [-0.15, -0.1) is 0 Å². The number of amidine groups is 1. The van der Waals surface area contributed by atoms with Crippen LogP contribution in [0.5, 0.6) is 0 Å². The van der Waals surface area contributed by atoms with Crippen molar-refractivity contribution >= 4 is 24.0 Å². The maximum absolute atomic E-state index is 12.6. The van der Waals surface area contributed by atoms with E-state index in [1.165, 1.54) is 7.11 Å². The predicted octanol–water partition coefficient (Wildman–Crippen LogP) is 1.33. The Bertz CT molecular complexity index is 825. The molecule has 0 aliphatic carbocycles. The van der Waals surface area contributed by atoms with E-state index < -0.39 is 17.7 Å². The molecule has 3 aliphatic heterocycles. The normalized spacial score (nSPS) is 25.6. The summed E-state index contributed by atoms with van der Waals surface area (Å²) in [6.45, 7) is 11.4. The number of likely N-dealkylation sites (tertiary alicyclic amines) is 1. The molecule has 37 heavy (non-hydrogen) atoms. The molecule has 3 unspecified atom stereocenters. The number of nitrogens with zero attached hydrogens (tertiary/aromatic N) is 4. The van der Waals surface area contributed by atoms with Crippen molar-refractivity contribution in [3.63, 3.8) is 0 Å². The van der Waals surface area contributed by atoms with Gasteiger partial charge in [0.2, 0.25) is 0 Å². The number of cyclic esters (lactones) is 1. The van der Waals surface area contributed by atoms with Crippen molar-refractivity contribution in [2.24, 2.45) is 11.7 Å². The first-order valence-electron chi connectivity index (χ1n) is 13.3. The van der Waals surface area contributed by atoms with E-state index in [2.05, 4.69) is 9.80 Å². The van der Waals surface area contributed by atoms with E-state index >= 15 is 0 Å². The molecule has 0 aromatic heterocycles. The van der Waals surface area contributed by atoms with Gasteiger partial charge in [0.15, 0.2) is 0 Å². The van der Waals surface area contributed by atoms with Gasteiger partial charge in [-0.2, -0.15) is 0 Å². The number of hydrogen-bond donors (Lipinski definition) is 2. The van der Waals surface area contributed by atoms with Crippen LogP contribution in [-0.4, -0.2) is 127 Å². The van der Waals surface area contributed by atoms with Crippen LogP contribution in [-0.2, 0) is 19.0 Å².